The standard InChI is InChI=1S/C35H45N7O2/c1-5-7-26-16-24(4)39-35(44)30(26)20-37-34(43)29-17-28(18-32-31(29)21-38-42(32)22-25-8-6-9-25)27-10-11-33(36-19-27)41-14-12-40(13-15-41)23(2)3/h10-11,16-19,21,23,25H,5-9,12-15,20,22H2,1-4H3,(H,37,43)(H,39,44). The highest BCUT2D eigenvalue weighted by atomic mass is 16.1. The maximum Gasteiger partial charge on any atom is 0.253 e. The van der Waals surface area contributed by atoms with Gasteiger partial charge in [-0.3, -0.25) is 19.2 Å². The number of pyridine rings is 2. The van der Waals surface area contributed by atoms with E-state index < -0.39 is 0 Å². The highest BCUT2D eigenvalue weighted by Crippen LogP contribution is 2.32. The van der Waals surface area contributed by atoms with E-state index in [1.165, 1.54) is 19.3 Å². The number of H-pyrrole nitrogens is 1. The van der Waals surface area contributed by atoms with Gasteiger partial charge in [-0.15, -0.1) is 0 Å². The predicted octanol–water partition coefficient (Wildman–Crippen LogP) is 5.31. The number of hydrogen-bond donors (Lipinski definition) is 2. The Hall–Kier alpha value is -3.98. The molecule has 6 rings (SSSR count). The number of carbonyl (C=O) groups excluding carboxylic acids is 1. The number of benzene rings is 1. The first-order valence-electron chi connectivity index (χ1n) is 16.3. The molecular weight excluding hydrogens is 550 g/mol. The second kappa shape index (κ2) is 12.9. The molecule has 2 fully saturated rings. The van der Waals surface area contributed by atoms with Crippen LogP contribution in [-0.2, 0) is 19.5 Å². The number of rotatable bonds is 10. The summed E-state index contributed by atoms with van der Waals surface area (Å²) < 4.78 is 2.06. The number of carbonyl (C=O) groups is 1. The molecular formula is C35H45N7O2. The smallest absolute Gasteiger partial charge is 0.253 e. The molecule has 0 unspecified atom stereocenters. The van der Waals surface area contributed by atoms with Gasteiger partial charge in [0.25, 0.3) is 11.5 Å². The van der Waals surface area contributed by atoms with Crippen LogP contribution in [0.2, 0.25) is 0 Å². The molecule has 4 heterocycles. The van der Waals surface area contributed by atoms with Gasteiger partial charge in [0.2, 0.25) is 0 Å². The third kappa shape index (κ3) is 6.29. The molecule has 1 aromatic carbocycles. The highest BCUT2D eigenvalue weighted by Gasteiger charge is 2.23. The number of amides is 1. The van der Waals surface area contributed by atoms with Crippen molar-refractivity contribution in [1.29, 1.82) is 0 Å². The molecule has 2 N–H and O–H groups in total. The molecule has 1 amide bonds. The van der Waals surface area contributed by atoms with Gasteiger partial charge in [-0.25, -0.2) is 4.98 Å². The van der Waals surface area contributed by atoms with Gasteiger partial charge in [0, 0.05) is 73.7 Å². The van der Waals surface area contributed by atoms with Gasteiger partial charge in [0.1, 0.15) is 5.82 Å². The molecule has 1 saturated heterocycles. The Morgan fingerprint density at radius 1 is 1.07 bits per heavy atom. The summed E-state index contributed by atoms with van der Waals surface area (Å²) in [5, 5.41) is 8.61. The van der Waals surface area contributed by atoms with E-state index in [-0.39, 0.29) is 18.0 Å². The third-order valence-corrected chi connectivity index (χ3v) is 9.42. The molecule has 0 atom stereocenters. The van der Waals surface area contributed by atoms with E-state index in [9.17, 15) is 9.59 Å². The lowest BCUT2D eigenvalue weighted by molar-refractivity contribution is 0.0952. The summed E-state index contributed by atoms with van der Waals surface area (Å²) in [6.45, 7) is 13.5. The first-order chi connectivity index (χ1) is 21.3. The normalized spacial score (nSPS) is 16.1. The molecule has 0 bridgehead atoms. The summed E-state index contributed by atoms with van der Waals surface area (Å²) >= 11 is 0. The van der Waals surface area contributed by atoms with Crippen LogP contribution in [0.15, 0.2) is 47.5 Å². The van der Waals surface area contributed by atoms with E-state index in [2.05, 4.69) is 63.8 Å². The Labute approximate surface area is 259 Å². The Kier molecular flexibility index (Phi) is 8.84. The molecule has 0 radical (unpaired) electrons. The molecule has 44 heavy (non-hydrogen) atoms. The van der Waals surface area contributed by atoms with E-state index >= 15 is 0 Å². The van der Waals surface area contributed by atoms with Crippen molar-refractivity contribution in [2.75, 3.05) is 31.1 Å². The van der Waals surface area contributed by atoms with Gasteiger partial charge < -0.3 is 15.2 Å². The van der Waals surface area contributed by atoms with Crippen molar-refractivity contribution in [3.05, 3.63) is 75.5 Å². The monoisotopic (exact) mass is 595 g/mol. The number of nitrogens with zero attached hydrogens (tertiary/aromatic N) is 5. The lowest BCUT2D eigenvalue weighted by Gasteiger charge is -2.37. The molecule has 3 aromatic heterocycles. The lowest BCUT2D eigenvalue weighted by Crippen LogP contribution is -2.49. The summed E-state index contributed by atoms with van der Waals surface area (Å²) in [7, 11) is 0. The minimum atomic E-state index is -0.213. The Morgan fingerprint density at radius 2 is 1.86 bits per heavy atom. The summed E-state index contributed by atoms with van der Waals surface area (Å²) in [6.07, 6.45) is 9.15. The van der Waals surface area contributed by atoms with Crippen molar-refractivity contribution >= 4 is 22.6 Å². The van der Waals surface area contributed by atoms with Crippen LogP contribution in [0.5, 0.6) is 0 Å². The van der Waals surface area contributed by atoms with Crippen molar-refractivity contribution < 1.29 is 4.79 Å². The van der Waals surface area contributed by atoms with Gasteiger partial charge in [-0.1, -0.05) is 19.8 Å². The average molecular weight is 596 g/mol. The highest BCUT2D eigenvalue weighted by molar-refractivity contribution is 6.08. The van der Waals surface area contributed by atoms with Crippen molar-refractivity contribution in [1.82, 2.24) is 30.0 Å². The second-order valence-electron chi connectivity index (χ2n) is 12.8. The number of aromatic amines is 1. The molecule has 9 nitrogen and oxygen atoms in total. The van der Waals surface area contributed by atoms with Gasteiger partial charge in [0.05, 0.1) is 17.3 Å². The number of hydrogen-bond acceptors (Lipinski definition) is 6. The fourth-order valence-electron chi connectivity index (χ4n) is 6.54. The quantitative estimate of drug-likeness (QED) is 0.258. The largest absolute Gasteiger partial charge is 0.354 e. The number of piperazine rings is 1. The van der Waals surface area contributed by atoms with Gasteiger partial charge in [0.15, 0.2) is 0 Å². The number of aromatic nitrogens is 4. The Bertz CT molecular complexity index is 1680. The molecule has 1 saturated carbocycles. The zero-order chi connectivity index (χ0) is 30.8. The van der Waals surface area contributed by atoms with Crippen LogP contribution in [-0.4, -0.2) is 62.8 Å². The van der Waals surface area contributed by atoms with Crippen LogP contribution < -0.4 is 15.8 Å². The molecule has 4 aromatic rings. The fourth-order valence-corrected chi connectivity index (χ4v) is 6.54. The van der Waals surface area contributed by atoms with Crippen LogP contribution in [0.25, 0.3) is 22.0 Å². The number of fused-ring (bicyclic) bond motifs is 1. The van der Waals surface area contributed by atoms with E-state index in [1.807, 2.05) is 31.5 Å². The molecule has 232 valence electrons. The average Bonchev–Trinajstić information content (AvgIpc) is 3.41. The maximum absolute atomic E-state index is 13.8. The van der Waals surface area contributed by atoms with Crippen LogP contribution in [0, 0.1) is 12.8 Å². The van der Waals surface area contributed by atoms with Crippen molar-refractivity contribution in [2.24, 2.45) is 5.92 Å². The zero-order valence-corrected chi connectivity index (χ0v) is 26.5. The second-order valence-corrected chi connectivity index (χ2v) is 12.8. The summed E-state index contributed by atoms with van der Waals surface area (Å²) in [5.74, 6) is 1.40. The van der Waals surface area contributed by atoms with E-state index in [0.717, 1.165) is 84.7 Å². The Balaban J connectivity index is 1.29. The maximum atomic E-state index is 13.8. The number of nitrogens with one attached hydrogen (secondary N) is 2. The van der Waals surface area contributed by atoms with E-state index in [1.54, 1.807) is 0 Å². The first-order valence-corrected chi connectivity index (χ1v) is 16.3. The SMILES string of the molecule is CCCc1cc(C)[nH]c(=O)c1CNC(=O)c1cc(-c2ccc(N3CCN(C(C)C)CC3)nc2)cc2c1cnn2CC1CCC1. The molecule has 9 heteroatoms. The summed E-state index contributed by atoms with van der Waals surface area (Å²) in [5.41, 5.74) is 5.70. The summed E-state index contributed by atoms with van der Waals surface area (Å²) in [6, 6.07) is 10.8. The van der Waals surface area contributed by atoms with E-state index in [4.69, 9.17) is 10.1 Å². The van der Waals surface area contributed by atoms with Crippen molar-refractivity contribution in [2.45, 2.75) is 78.9 Å². The van der Waals surface area contributed by atoms with Crippen molar-refractivity contribution in [3.63, 3.8) is 0 Å². The lowest BCUT2D eigenvalue weighted by atomic mass is 9.85. The topological polar surface area (TPSA) is 99.2 Å². The van der Waals surface area contributed by atoms with E-state index in [0.29, 0.717) is 23.1 Å². The molecule has 1 aliphatic carbocycles. The third-order valence-electron chi connectivity index (χ3n) is 9.42. The summed E-state index contributed by atoms with van der Waals surface area (Å²) in [4.78, 5) is 39.2. The van der Waals surface area contributed by atoms with Gasteiger partial charge in [-0.05, 0) is 87.4 Å². The minimum Gasteiger partial charge on any atom is -0.354 e. The van der Waals surface area contributed by atoms with Crippen LogP contribution >= 0.6 is 0 Å². The number of aryl methyl sites for hydroxylation is 2. The first kappa shape index (κ1) is 30.1. The molecule has 1 aliphatic heterocycles. The van der Waals surface area contributed by atoms with Crippen LogP contribution in [0.1, 0.15) is 73.6 Å². The fraction of sp³-hybridized carbons (Fsp3) is 0.486. The van der Waals surface area contributed by atoms with Gasteiger partial charge >= 0.3 is 0 Å². The molecule has 0 spiro atoms. The molecule has 2 aliphatic rings. The zero-order valence-electron chi connectivity index (χ0n) is 26.5. The number of anilines is 1. The van der Waals surface area contributed by atoms with Crippen LogP contribution in [0.3, 0.4) is 0 Å². The van der Waals surface area contributed by atoms with Gasteiger partial charge in [-0.2, -0.15) is 5.10 Å². The predicted molar refractivity (Wildman–Crippen MR) is 176 cm³/mol. The minimum absolute atomic E-state index is 0.141. The van der Waals surface area contributed by atoms with Crippen LogP contribution in [0.4, 0.5) is 5.82 Å². The Morgan fingerprint density at radius 3 is 2.52 bits per heavy atom. The van der Waals surface area contributed by atoms with Crippen molar-refractivity contribution in [3.8, 4) is 11.1 Å².